The fourth-order valence-electron chi connectivity index (χ4n) is 2.65. The quantitative estimate of drug-likeness (QED) is 0.624. The Bertz CT molecular complexity index is 495. The third-order valence-corrected chi connectivity index (χ3v) is 4.04. The van der Waals surface area contributed by atoms with Crippen molar-refractivity contribution < 1.29 is 4.74 Å². The predicted molar refractivity (Wildman–Crippen MR) is 90.3 cm³/mol. The van der Waals surface area contributed by atoms with Crippen LogP contribution in [0.2, 0.25) is 0 Å². The van der Waals surface area contributed by atoms with Crippen LogP contribution in [-0.4, -0.2) is 42.8 Å². The minimum Gasteiger partial charge on any atom is -0.373 e. The van der Waals surface area contributed by atoms with E-state index in [0.717, 1.165) is 44.9 Å². The molecule has 0 saturated carbocycles. The van der Waals surface area contributed by atoms with Crippen molar-refractivity contribution in [2.75, 3.05) is 26.2 Å². The molecule has 1 unspecified atom stereocenters. The number of aryl methyl sites for hydroxylation is 1. The lowest BCUT2D eigenvalue weighted by Gasteiger charge is -2.21. The van der Waals surface area contributed by atoms with Crippen LogP contribution in [0.25, 0.3) is 0 Å². The topological polar surface area (TPSA) is 58.5 Å². The second-order valence-electron chi connectivity index (χ2n) is 6.08. The fourth-order valence-corrected chi connectivity index (χ4v) is 2.65. The van der Waals surface area contributed by atoms with E-state index in [9.17, 15) is 0 Å². The monoisotopic (exact) mass is 304 g/mol. The average Bonchev–Trinajstić information content (AvgIpc) is 2.94. The highest BCUT2D eigenvalue weighted by Crippen LogP contribution is 2.24. The van der Waals surface area contributed by atoms with Gasteiger partial charge in [-0.1, -0.05) is 0 Å². The van der Waals surface area contributed by atoms with Gasteiger partial charge in [0.15, 0.2) is 5.96 Å². The Labute approximate surface area is 133 Å². The molecule has 0 aliphatic carbocycles. The molecule has 1 aromatic heterocycles. The molecule has 122 valence electrons. The number of nitrogens with one attached hydrogen (secondary N) is 2. The van der Waals surface area contributed by atoms with Crippen LogP contribution in [-0.2, 0) is 11.2 Å². The van der Waals surface area contributed by atoms with E-state index in [1.54, 1.807) is 0 Å². The zero-order valence-corrected chi connectivity index (χ0v) is 14.0. The van der Waals surface area contributed by atoms with E-state index in [-0.39, 0.29) is 5.60 Å². The number of aliphatic imine (C=N–C) groups is 1. The Hall–Kier alpha value is -1.62. The predicted octanol–water partition coefficient (Wildman–Crippen LogP) is 2.06. The summed E-state index contributed by atoms with van der Waals surface area (Å²) >= 11 is 0. The summed E-state index contributed by atoms with van der Waals surface area (Å²) in [6.45, 7) is 9.60. The molecule has 0 spiro atoms. The van der Waals surface area contributed by atoms with E-state index in [4.69, 9.17) is 4.74 Å². The van der Waals surface area contributed by atoms with Crippen molar-refractivity contribution in [1.29, 1.82) is 0 Å². The van der Waals surface area contributed by atoms with Gasteiger partial charge in [0.1, 0.15) is 0 Å². The molecule has 2 rings (SSSR count). The van der Waals surface area contributed by atoms with Crippen LogP contribution in [0.4, 0.5) is 0 Å². The highest BCUT2D eigenvalue weighted by molar-refractivity contribution is 5.79. The number of hydrogen-bond acceptors (Lipinski definition) is 3. The van der Waals surface area contributed by atoms with Crippen LogP contribution in [0.1, 0.15) is 37.8 Å². The van der Waals surface area contributed by atoms with Crippen molar-refractivity contribution >= 4 is 5.96 Å². The first-order chi connectivity index (χ1) is 10.6. The molecule has 0 radical (unpaired) electrons. The van der Waals surface area contributed by atoms with Gasteiger partial charge in [-0.3, -0.25) is 9.98 Å². The van der Waals surface area contributed by atoms with Crippen molar-refractivity contribution in [2.24, 2.45) is 4.99 Å². The third-order valence-electron chi connectivity index (χ3n) is 4.04. The summed E-state index contributed by atoms with van der Waals surface area (Å²) in [6.07, 6.45) is 6.95. The minimum absolute atomic E-state index is 0.0932. The lowest BCUT2D eigenvalue weighted by molar-refractivity contribution is 0.0283. The van der Waals surface area contributed by atoms with E-state index >= 15 is 0 Å². The SMILES string of the molecule is CCNC(=NCC1(C)CCCO1)NCCc1ccncc1C. The van der Waals surface area contributed by atoms with Crippen LogP contribution in [0.5, 0.6) is 0 Å². The lowest BCUT2D eigenvalue weighted by atomic mass is 10.0. The molecule has 0 aromatic carbocycles. The summed E-state index contributed by atoms with van der Waals surface area (Å²) in [4.78, 5) is 8.81. The van der Waals surface area contributed by atoms with Gasteiger partial charge in [-0.2, -0.15) is 0 Å². The maximum atomic E-state index is 5.79. The number of aromatic nitrogens is 1. The van der Waals surface area contributed by atoms with Gasteiger partial charge in [0.2, 0.25) is 0 Å². The first-order valence-electron chi connectivity index (χ1n) is 8.18. The molecule has 1 aliphatic rings. The van der Waals surface area contributed by atoms with Gasteiger partial charge < -0.3 is 15.4 Å². The van der Waals surface area contributed by atoms with Crippen molar-refractivity contribution in [3.8, 4) is 0 Å². The highest BCUT2D eigenvalue weighted by atomic mass is 16.5. The Kier molecular flexibility index (Phi) is 6.19. The molecule has 1 fully saturated rings. The van der Waals surface area contributed by atoms with E-state index < -0.39 is 0 Å². The van der Waals surface area contributed by atoms with Crippen molar-refractivity contribution in [2.45, 2.75) is 45.6 Å². The molecule has 22 heavy (non-hydrogen) atoms. The van der Waals surface area contributed by atoms with E-state index in [1.807, 2.05) is 12.4 Å². The molecule has 1 aromatic rings. The standard InChI is InChI=1S/C17H28N4O/c1-4-19-16(21-13-17(3)8-5-11-22-17)20-10-7-15-6-9-18-12-14(15)2/h6,9,12H,4-5,7-8,10-11,13H2,1-3H3,(H2,19,20,21). The Morgan fingerprint density at radius 2 is 2.32 bits per heavy atom. The summed E-state index contributed by atoms with van der Waals surface area (Å²) in [5.41, 5.74) is 2.46. The maximum Gasteiger partial charge on any atom is 0.191 e. The molecule has 2 heterocycles. The van der Waals surface area contributed by atoms with E-state index in [2.05, 4.69) is 47.4 Å². The second kappa shape index (κ2) is 8.13. The highest BCUT2D eigenvalue weighted by Gasteiger charge is 2.29. The molecular weight excluding hydrogens is 276 g/mol. The Morgan fingerprint density at radius 3 is 3.00 bits per heavy atom. The second-order valence-corrected chi connectivity index (χ2v) is 6.08. The van der Waals surface area contributed by atoms with Gasteiger partial charge >= 0.3 is 0 Å². The zero-order chi connectivity index (χ0) is 15.8. The van der Waals surface area contributed by atoms with Crippen molar-refractivity contribution in [3.05, 3.63) is 29.6 Å². The van der Waals surface area contributed by atoms with Crippen LogP contribution < -0.4 is 10.6 Å². The van der Waals surface area contributed by atoms with Gasteiger partial charge in [-0.05, 0) is 57.2 Å². The first-order valence-corrected chi connectivity index (χ1v) is 8.18. The number of ether oxygens (including phenoxy) is 1. The third kappa shape index (κ3) is 4.98. The van der Waals surface area contributed by atoms with Crippen LogP contribution in [0.3, 0.4) is 0 Å². The molecule has 5 nitrogen and oxygen atoms in total. The van der Waals surface area contributed by atoms with Gasteiger partial charge in [-0.15, -0.1) is 0 Å². The molecular formula is C17H28N4O. The van der Waals surface area contributed by atoms with Gasteiger partial charge in [0.25, 0.3) is 0 Å². The summed E-state index contributed by atoms with van der Waals surface area (Å²) in [5, 5.41) is 6.70. The van der Waals surface area contributed by atoms with Crippen LogP contribution in [0, 0.1) is 6.92 Å². The number of hydrogen-bond donors (Lipinski definition) is 2. The van der Waals surface area contributed by atoms with Gasteiger partial charge in [0.05, 0.1) is 12.1 Å². The van der Waals surface area contributed by atoms with Crippen LogP contribution in [0.15, 0.2) is 23.5 Å². The fraction of sp³-hybridized carbons (Fsp3) is 0.647. The molecule has 5 heteroatoms. The smallest absolute Gasteiger partial charge is 0.191 e. The Morgan fingerprint density at radius 1 is 1.45 bits per heavy atom. The molecule has 0 amide bonds. The lowest BCUT2D eigenvalue weighted by Crippen LogP contribution is -2.40. The molecule has 1 saturated heterocycles. The summed E-state index contributed by atoms with van der Waals surface area (Å²) < 4.78 is 5.79. The summed E-state index contributed by atoms with van der Waals surface area (Å²) in [7, 11) is 0. The van der Waals surface area contributed by atoms with E-state index in [1.165, 1.54) is 11.1 Å². The minimum atomic E-state index is -0.0932. The molecule has 2 N–H and O–H groups in total. The summed E-state index contributed by atoms with van der Waals surface area (Å²) in [6, 6.07) is 2.08. The number of rotatable bonds is 6. The average molecular weight is 304 g/mol. The maximum absolute atomic E-state index is 5.79. The normalized spacial score (nSPS) is 21.9. The van der Waals surface area contributed by atoms with Gasteiger partial charge in [-0.25, -0.2) is 0 Å². The van der Waals surface area contributed by atoms with E-state index in [0.29, 0.717) is 6.54 Å². The zero-order valence-electron chi connectivity index (χ0n) is 14.0. The molecule has 1 atom stereocenters. The van der Waals surface area contributed by atoms with Gasteiger partial charge in [0, 0.05) is 32.1 Å². The van der Waals surface area contributed by atoms with Crippen molar-refractivity contribution in [3.63, 3.8) is 0 Å². The number of nitrogens with zero attached hydrogens (tertiary/aromatic N) is 2. The number of pyridine rings is 1. The van der Waals surface area contributed by atoms with Crippen molar-refractivity contribution in [1.82, 2.24) is 15.6 Å². The molecule has 1 aliphatic heterocycles. The number of guanidine groups is 1. The molecule has 0 bridgehead atoms. The Balaban J connectivity index is 1.84. The largest absolute Gasteiger partial charge is 0.373 e. The van der Waals surface area contributed by atoms with Crippen LogP contribution >= 0.6 is 0 Å². The first kappa shape index (κ1) is 16.7. The summed E-state index contributed by atoms with van der Waals surface area (Å²) in [5.74, 6) is 0.867.